The fourth-order valence-corrected chi connectivity index (χ4v) is 4.67. The van der Waals surface area contributed by atoms with E-state index in [4.69, 9.17) is 9.47 Å². The number of hydrogen-bond acceptors (Lipinski definition) is 8. The zero-order valence-electron chi connectivity index (χ0n) is 24.9. The minimum atomic E-state index is -4.89. The summed E-state index contributed by atoms with van der Waals surface area (Å²) in [5.41, 5.74) is 1.24. The molecule has 0 saturated heterocycles. The average Bonchev–Trinajstić information content (AvgIpc) is 3.54. The number of carbonyl (C=O) groups is 1. The number of rotatable bonds is 14. The van der Waals surface area contributed by atoms with Gasteiger partial charge >= 0.3 is 24.6 Å². The van der Waals surface area contributed by atoms with E-state index in [2.05, 4.69) is 19.4 Å². The van der Waals surface area contributed by atoms with Crippen molar-refractivity contribution >= 4 is 28.3 Å². The fraction of sp³-hybridized carbons (Fsp3) is 0.300. The molecule has 4 aromatic rings. The number of alkyl halides is 9. The Morgan fingerprint density at radius 2 is 1.12 bits per heavy atom. The first-order chi connectivity index (χ1) is 23.1. The molecule has 9 nitrogen and oxygen atoms in total. The average molecular weight is 725 g/mol. The molecule has 2 aromatic carbocycles. The SMILES string of the molecule is O=C(N(COCc1ccccc1)c1nc(OCC(F)(F)F)cc(OCC(F)(F)F)n1)N(COCc1ccccc1)c1ccc(C(F)(F)F)s1. The normalized spacial score (nSPS) is 12.1. The lowest BCUT2D eigenvalue weighted by atomic mass is 10.2. The van der Waals surface area contributed by atoms with Crippen LogP contribution < -0.4 is 19.3 Å². The summed E-state index contributed by atoms with van der Waals surface area (Å²) >= 11 is 0.176. The van der Waals surface area contributed by atoms with E-state index in [1.165, 1.54) is 0 Å². The second-order valence-electron chi connectivity index (χ2n) is 9.85. The van der Waals surface area contributed by atoms with Gasteiger partial charge in [0.2, 0.25) is 17.7 Å². The molecule has 2 amide bonds. The maximum atomic E-state index is 14.1. The monoisotopic (exact) mass is 724 g/mol. The second-order valence-corrected chi connectivity index (χ2v) is 10.9. The third-order valence-corrected chi connectivity index (χ3v) is 7.09. The van der Waals surface area contributed by atoms with E-state index in [0.29, 0.717) is 22.1 Å². The van der Waals surface area contributed by atoms with Gasteiger partial charge in [-0.25, -0.2) is 9.69 Å². The summed E-state index contributed by atoms with van der Waals surface area (Å²) in [6.07, 6.45) is -14.6. The molecule has 0 N–H and O–H groups in total. The van der Waals surface area contributed by atoms with Crippen molar-refractivity contribution in [2.45, 2.75) is 31.7 Å². The van der Waals surface area contributed by atoms with Crippen LogP contribution in [0.3, 0.4) is 0 Å². The van der Waals surface area contributed by atoms with E-state index in [1.807, 2.05) is 0 Å². The summed E-state index contributed by atoms with van der Waals surface area (Å²) in [5.74, 6) is -2.71. The highest BCUT2D eigenvalue weighted by molar-refractivity contribution is 7.16. The Kier molecular flexibility index (Phi) is 12.3. The molecule has 264 valence electrons. The van der Waals surface area contributed by atoms with Crippen LogP contribution in [-0.2, 0) is 28.9 Å². The highest BCUT2D eigenvalue weighted by atomic mass is 32.1. The summed E-state index contributed by atoms with van der Waals surface area (Å²) < 4.78 is 139. The molecule has 0 aliphatic rings. The molecular weight excluding hydrogens is 699 g/mol. The fourth-order valence-electron chi connectivity index (χ4n) is 3.81. The quantitative estimate of drug-likeness (QED) is 0.0958. The molecule has 49 heavy (non-hydrogen) atoms. The molecule has 2 heterocycles. The smallest absolute Gasteiger partial charge is 0.425 e. The number of thiophene rings is 1. The van der Waals surface area contributed by atoms with Crippen molar-refractivity contribution in [3.8, 4) is 11.8 Å². The Balaban J connectivity index is 1.73. The topological polar surface area (TPSA) is 86.3 Å². The zero-order valence-corrected chi connectivity index (χ0v) is 25.7. The second kappa shape index (κ2) is 16.2. The van der Waals surface area contributed by atoms with E-state index >= 15 is 0 Å². The first-order valence-corrected chi connectivity index (χ1v) is 14.7. The van der Waals surface area contributed by atoms with Crippen molar-refractivity contribution in [3.63, 3.8) is 0 Å². The standard InChI is InChI=1S/C30H25F9N4O5S/c31-28(32,33)16-47-23-13-24(48-17-29(34,35)36)41-26(40-23)43(19-46-15-21-9-5-2-6-10-21)27(44)42(18-45-14-20-7-3-1-4-8-20)25-12-11-22(49-25)30(37,38)39/h1-13H,14-19H2. The Labute approximate surface area is 276 Å². The maximum Gasteiger partial charge on any atom is 0.425 e. The van der Waals surface area contributed by atoms with Crippen LogP contribution in [0.15, 0.2) is 78.9 Å². The third-order valence-electron chi connectivity index (χ3n) is 5.94. The van der Waals surface area contributed by atoms with Gasteiger partial charge in [0.1, 0.15) is 23.3 Å². The molecule has 4 rings (SSSR count). The number of aromatic nitrogens is 2. The predicted octanol–water partition coefficient (Wildman–Crippen LogP) is 8.22. The predicted molar refractivity (Wildman–Crippen MR) is 157 cm³/mol. The zero-order chi connectivity index (χ0) is 35.7. The van der Waals surface area contributed by atoms with Crippen LogP contribution in [0, 0.1) is 0 Å². The van der Waals surface area contributed by atoms with Crippen molar-refractivity contribution in [2.75, 3.05) is 36.5 Å². The van der Waals surface area contributed by atoms with Crippen molar-refractivity contribution in [3.05, 3.63) is 94.9 Å². The molecule has 0 bridgehead atoms. The van der Waals surface area contributed by atoms with Gasteiger partial charge in [-0.05, 0) is 23.3 Å². The van der Waals surface area contributed by atoms with Gasteiger partial charge < -0.3 is 18.9 Å². The van der Waals surface area contributed by atoms with Crippen molar-refractivity contribution in [1.29, 1.82) is 0 Å². The molecule has 0 atom stereocenters. The van der Waals surface area contributed by atoms with Gasteiger partial charge in [0.15, 0.2) is 13.2 Å². The summed E-state index contributed by atoms with van der Waals surface area (Å²) in [7, 11) is 0. The van der Waals surface area contributed by atoms with Gasteiger partial charge in [-0.1, -0.05) is 60.7 Å². The molecule has 0 saturated carbocycles. The summed E-state index contributed by atoms with van der Waals surface area (Å²) in [4.78, 5) is 21.9. The molecule has 0 unspecified atom stereocenters. The first kappa shape index (κ1) is 37.2. The number of benzene rings is 2. The van der Waals surface area contributed by atoms with Crippen molar-refractivity contribution in [2.24, 2.45) is 0 Å². The Hall–Kier alpha value is -4.62. The molecule has 0 aliphatic heterocycles. The minimum absolute atomic E-state index is 0.0979. The largest absolute Gasteiger partial charge is 0.468 e. The van der Waals surface area contributed by atoms with Gasteiger partial charge in [0, 0.05) is 0 Å². The molecule has 0 spiro atoms. The van der Waals surface area contributed by atoms with Gasteiger partial charge in [-0.3, -0.25) is 4.90 Å². The molecule has 0 aliphatic carbocycles. The van der Waals surface area contributed by atoms with Crippen LogP contribution in [0.25, 0.3) is 0 Å². The van der Waals surface area contributed by atoms with Crippen LogP contribution in [0.4, 0.5) is 55.3 Å². The Bertz CT molecular complexity index is 1600. The Morgan fingerprint density at radius 3 is 1.55 bits per heavy atom. The number of halogens is 9. The number of anilines is 2. The lowest BCUT2D eigenvalue weighted by Crippen LogP contribution is -2.46. The van der Waals surface area contributed by atoms with Crippen LogP contribution in [0.2, 0.25) is 0 Å². The van der Waals surface area contributed by atoms with Crippen molar-refractivity contribution in [1.82, 2.24) is 9.97 Å². The number of nitrogens with zero attached hydrogens (tertiary/aromatic N) is 4. The third kappa shape index (κ3) is 12.1. The lowest BCUT2D eigenvalue weighted by Gasteiger charge is -2.28. The highest BCUT2D eigenvalue weighted by Gasteiger charge is 2.36. The number of hydrogen-bond donors (Lipinski definition) is 0. The van der Waals surface area contributed by atoms with Crippen molar-refractivity contribution < 1.29 is 63.3 Å². The maximum absolute atomic E-state index is 14.1. The summed E-state index contributed by atoms with van der Waals surface area (Å²) in [5, 5.41) is -0.281. The van der Waals surface area contributed by atoms with Crippen LogP contribution in [-0.4, -0.2) is 55.0 Å². The van der Waals surface area contributed by atoms with Gasteiger partial charge in [-0.15, -0.1) is 11.3 Å². The summed E-state index contributed by atoms with van der Waals surface area (Å²) in [6.45, 7) is -5.55. The van der Waals surface area contributed by atoms with E-state index in [-0.39, 0.29) is 29.6 Å². The number of ether oxygens (including phenoxy) is 4. The van der Waals surface area contributed by atoms with E-state index < -0.39 is 73.8 Å². The highest BCUT2D eigenvalue weighted by Crippen LogP contribution is 2.39. The van der Waals surface area contributed by atoms with E-state index in [9.17, 15) is 44.3 Å². The number of urea groups is 1. The first-order valence-electron chi connectivity index (χ1n) is 13.8. The molecule has 19 heteroatoms. The van der Waals surface area contributed by atoms with Gasteiger partial charge in [-0.2, -0.15) is 49.5 Å². The molecular formula is C30H25F9N4O5S. The van der Waals surface area contributed by atoms with E-state index in [1.54, 1.807) is 60.7 Å². The molecule has 0 fully saturated rings. The number of carbonyl (C=O) groups excluding carboxylic acids is 1. The molecule has 2 aromatic heterocycles. The summed E-state index contributed by atoms with van der Waals surface area (Å²) in [6, 6.07) is 17.9. The van der Waals surface area contributed by atoms with Crippen LogP contribution in [0.1, 0.15) is 16.0 Å². The van der Waals surface area contributed by atoms with Crippen LogP contribution in [0.5, 0.6) is 11.8 Å². The Morgan fingerprint density at radius 1 is 0.653 bits per heavy atom. The lowest BCUT2D eigenvalue weighted by molar-refractivity contribution is -0.154. The number of amides is 2. The van der Waals surface area contributed by atoms with Gasteiger partial charge in [0.25, 0.3) is 0 Å². The van der Waals surface area contributed by atoms with Gasteiger partial charge in [0.05, 0.1) is 19.3 Å². The van der Waals surface area contributed by atoms with E-state index in [0.717, 1.165) is 17.0 Å². The minimum Gasteiger partial charge on any atom is -0.468 e. The molecule has 0 radical (unpaired) electrons. The van der Waals surface area contributed by atoms with Crippen LogP contribution >= 0.6 is 11.3 Å².